The van der Waals surface area contributed by atoms with Crippen LogP contribution in [0.4, 0.5) is 0 Å². The highest BCUT2D eigenvalue weighted by Crippen LogP contribution is 2.30. The zero-order valence-electron chi connectivity index (χ0n) is 11.2. The van der Waals surface area contributed by atoms with E-state index in [-0.39, 0.29) is 23.0 Å². The average Bonchev–Trinajstić information content (AvgIpc) is 2.59. The second-order valence-electron chi connectivity index (χ2n) is 4.94. The van der Waals surface area contributed by atoms with Gasteiger partial charge in [0.1, 0.15) is 0 Å². The third kappa shape index (κ3) is 4.00. The van der Waals surface area contributed by atoms with Crippen molar-refractivity contribution in [1.82, 2.24) is 10.2 Å². The van der Waals surface area contributed by atoms with Crippen molar-refractivity contribution >= 4 is 34.5 Å². The van der Waals surface area contributed by atoms with Gasteiger partial charge in [-0.2, -0.15) is 0 Å². The lowest BCUT2D eigenvalue weighted by molar-refractivity contribution is -0.121. The monoisotopic (exact) mass is 334 g/mol. The Bertz CT molecular complexity index is 325. The second kappa shape index (κ2) is 7.56. The minimum atomic E-state index is 0. The molecule has 0 aromatic rings. The predicted molar refractivity (Wildman–Crippen MR) is 83.1 cm³/mol. The summed E-state index contributed by atoms with van der Waals surface area (Å²) in [4.78, 5) is 15.8. The molecule has 2 rings (SSSR count). The number of carbonyl (C=O) groups excluding carboxylic acids is 1. The maximum atomic E-state index is 12.2. The molecule has 0 bridgehead atoms. The van der Waals surface area contributed by atoms with Gasteiger partial charge >= 0.3 is 0 Å². The van der Waals surface area contributed by atoms with Crippen LogP contribution in [0.5, 0.6) is 0 Å². The zero-order valence-corrected chi connectivity index (χ0v) is 13.7. The van der Waals surface area contributed by atoms with E-state index in [0.717, 1.165) is 18.8 Å². The molecular weight excluding hydrogens is 312 g/mol. The van der Waals surface area contributed by atoms with Gasteiger partial charge in [-0.05, 0) is 33.2 Å². The molecule has 104 valence electrons. The van der Waals surface area contributed by atoms with E-state index in [9.17, 15) is 4.79 Å². The molecule has 0 aromatic carbocycles. The van der Waals surface area contributed by atoms with Gasteiger partial charge in [0.15, 0.2) is 5.78 Å². The van der Waals surface area contributed by atoms with Crippen molar-refractivity contribution in [1.29, 1.82) is 0 Å². The Kier molecular flexibility index (Phi) is 6.74. The second-order valence-corrected chi connectivity index (χ2v) is 6.09. The molecule has 2 aliphatic rings. The smallest absolute Gasteiger partial charge is 0.168 e. The summed E-state index contributed by atoms with van der Waals surface area (Å²) in [7, 11) is 0. The van der Waals surface area contributed by atoms with Crippen molar-refractivity contribution in [3.05, 3.63) is 10.6 Å². The molecule has 1 atom stereocenters. The molecule has 2 aliphatic heterocycles. The lowest BCUT2D eigenvalue weighted by Gasteiger charge is -2.22. The van der Waals surface area contributed by atoms with Gasteiger partial charge in [-0.25, -0.2) is 0 Å². The summed E-state index contributed by atoms with van der Waals surface area (Å²) in [5.41, 5.74) is 1.27. The van der Waals surface area contributed by atoms with Crippen LogP contribution in [0.2, 0.25) is 0 Å². The number of thioether (sulfide) groups is 1. The highest BCUT2D eigenvalue weighted by molar-refractivity contribution is 8.93. The summed E-state index contributed by atoms with van der Waals surface area (Å²) < 4.78 is 0. The van der Waals surface area contributed by atoms with Crippen LogP contribution in [-0.4, -0.2) is 35.7 Å². The van der Waals surface area contributed by atoms with Crippen LogP contribution in [0, 0.1) is 0 Å². The molecule has 0 aromatic heterocycles. The Hall–Kier alpha value is -0.0000000000000000555. The molecule has 1 N–H and O–H groups in total. The summed E-state index contributed by atoms with van der Waals surface area (Å²) in [6.45, 7) is 5.82. The number of ketones is 1. The van der Waals surface area contributed by atoms with Gasteiger partial charge in [0, 0.05) is 10.6 Å². The Morgan fingerprint density at radius 2 is 2.17 bits per heavy atom. The fraction of sp³-hybridized carbons (Fsp3) is 0.769. The molecule has 5 heteroatoms. The Morgan fingerprint density at radius 3 is 2.83 bits per heavy atom. The maximum absolute atomic E-state index is 12.2. The van der Waals surface area contributed by atoms with Crippen LogP contribution in [0.1, 0.15) is 39.5 Å². The predicted octanol–water partition coefficient (Wildman–Crippen LogP) is 2.92. The van der Waals surface area contributed by atoms with E-state index < -0.39 is 0 Å². The van der Waals surface area contributed by atoms with Crippen LogP contribution in [0.25, 0.3) is 0 Å². The zero-order chi connectivity index (χ0) is 12.3. The first-order chi connectivity index (χ1) is 8.18. The number of carbonyl (C=O) groups is 1. The van der Waals surface area contributed by atoms with Crippen molar-refractivity contribution in [2.24, 2.45) is 0 Å². The Balaban J connectivity index is 0.00000162. The third-order valence-corrected chi connectivity index (χ3v) is 4.89. The van der Waals surface area contributed by atoms with E-state index >= 15 is 0 Å². The SMILES string of the molecule is Br.CC1=C(C)N(CC(=O)C2CCCCCN2)CS1. The summed E-state index contributed by atoms with van der Waals surface area (Å²) in [6.07, 6.45) is 4.67. The third-order valence-electron chi connectivity index (χ3n) is 3.72. The number of rotatable bonds is 3. The Morgan fingerprint density at radius 1 is 1.39 bits per heavy atom. The largest absolute Gasteiger partial charge is 0.357 e. The first-order valence-corrected chi connectivity index (χ1v) is 7.48. The van der Waals surface area contributed by atoms with E-state index in [2.05, 4.69) is 24.1 Å². The Labute approximate surface area is 125 Å². The fourth-order valence-electron chi connectivity index (χ4n) is 2.36. The van der Waals surface area contributed by atoms with Gasteiger partial charge < -0.3 is 10.2 Å². The summed E-state index contributed by atoms with van der Waals surface area (Å²) in [5.74, 6) is 1.30. The van der Waals surface area contributed by atoms with Crippen LogP contribution in [0.15, 0.2) is 10.6 Å². The first kappa shape index (κ1) is 16.1. The number of halogens is 1. The molecule has 3 nitrogen and oxygen atoms in total. The highest BCUT2D eigenvalue weighted by atomic mass is 79.9. The molecule has 0 saturated carbocycles. The lowest BCUT2D eigenvalue weighted by Crippen LogP contribution is -2.41. The number of allylic oxidation sites excluding steroid dienone is 2. The summed E-state index contributed by atoms with van der Waals surface area (Å²) in [6, 6.07) is 0.0937. The minimum Gasteiger partial charge on any atom is -0.357 e. The molecule has 1 saturated heterocycles. The van der Waals surface area contributed by atoms with Gasteiger partial charge in [0.05, 0.1) is 18.5 Å². The molecule has 1 fully saturated rings. The van der Waals surface area contributed by atoms with Crippen molar-refractivity contribution in [3.8, 4) is 0 Å². The van der Waals surface area contributed by atoms with E-state index in [4.69, 9.17) is 0 Å². The number of nitrogens with zero attached hydrogens (tertiary/aromatic N) is 1. The highest BCUT2D eigenvalue weighted by Gasteiger charge is 2.24. The van der Waals surface area contributed by atoms with Crippen LogP contribution in [0.3, 0.4) is 0 Å². The van der Waals surface area contributed by atoms with E-state index in [1.807, 2.05) is 11.8 Å². The van der Waals surface area contributed by atoms with Gasteiger partial charge in [0.25, 0.3) is 0 Å². The quantitative estimate of drug-likeness (QED) is 0.860. The molecule has 1 unspecified atom stereocenters. The number of Topliss-reactive ketones (excluding diaryl/α,β-unsaturated/α-hetero) is 1. The summed E-state index contributed by atoms with van der Waals surface area (Å²) >= 11 is 1.84. The van der Waals surface area contributed by atoms with E-state index in [0.29, 0.717) is 12.3 Å². The topological polar surface area (TPSA) is 32.3 Å². The summed E-state index contributed by atoms with van der Waals surface area (Å²) in [5, 5.41) is 3.38. The number of hydrogen-bond acceptors (Lipinski definition) is 4. The van der Waals surface area contributed by atoms with Crippen LogP contribution >= 0.6 is 28.7 Å². The molecule has 0 aliphatic carbocycles. The lowest BCUT2D eigenvalue weighted by atomic mass is 10.1. The molecule has 0 radical (unpaired) electrons. The van der Waals surface area contributed by atoms with E-state index in [1.54, 1.807) is 0 Å². The first-order valence-electron chi connectivity index (χ1n) is 6.50. The fourth-order valence-corrected chi connectivity index (χ4v) is 3.34. The maximum Gasteiger partial charge on any atom is 0.168 e. The molecule has 0 spiro atoms. The van der Waals surface area contributed by atoms with Gasteiger partial charge in [-0.15, -0.1) is 28.7 Å². The van der Waals surface area contributed by atoms with Gasteiger partial charge in [0.2, 0.25) is 0 Å². The minimum absolute atomic E-state index is 0. The molecule has 0 amide bonds. The molecular formula is C13H23BrN2OS. The van der Waals surface area contributed by atoms with Crippen LogP contribution < -0.4 is 5.32 Å². The average molecular weight is 335 g/mol. The van der Waals surface area contributed by atoms with Crippen molar-refractivity contribution < 1.29 is 4.79 Å². The van der Waals surface area contributed by atoms with Crippen molar-refractivity contribution in [2.45, 2.75) is 45.6 Å². The standard InChI is InChI=1S/C13H22N2OS.BrH/c1-10-11(2)17-9-15(10)8-13(16)12-6-4-3-5-7-14-12;/h12,14H,3-9H2,1-2H3;1H. The number of hydrogen-bond donors (Lipinski definition) is 1. The van der Waals surface area contributed by atoms with E-state index in [1.165, 1.54) is 29.9 Å². The van der Waals surface area contributed by atoms with Crippen LogP contribution in [-0.2, 0) is 4.79 Å². The van der Waals surface area contributed by atoms with Crippen molar-refractivity contribution in [3.63, 3.8) is 0 Å². The van der Waals surface area contributed by atoms with Crippen molar-refractivity contribution in [2.75, 3.05) is 19.0 Å². The van der Waals surface area contributed by atoms with Gasteiger partial charge in [-0.1, -0.05) is 12.8 Å². The molecule has 18 heavy (non-hydrogen) atoms. The normalized spacial score (nSPS) is 24.8. The van der Waals surface area contributed by atoms with Gasteiger partial charge in [-0.3, -0.25) is 4.79 Å². The molecule has 2 heterocycles. The number of nitrogens with one attached hydrogen (secondary N) is 1.